The van der Waals surface area contributed by atoms with Crippen LogP contribution in [-0.4, -0.2) is 24.8 Å². The molecule has 4 unspecified atom stereocenters. The van der Waals surface area contributed by atoms with E-state index in [1.807, 2.05) is 0 Å². The van der Waals surface area contributed by atoms with E-state index in [1.54, 1.807) is 12.2 Å². The van der Waals surface area contributed by atoms with E-state index in [0.29, 0.717) is 6.42 Å². The number of benzene rings is 2. The fraction of sp³-hybridized carbons (Fsp3) is 0.238. The molecule has 2 aliphatic carbocycles. The predicted molar refractivity (Wildman–Crippen MR) is 103 cm³/mol. The minimum absolute atomic E-state index is 0.170. The normalized spacial score (nSPS) is 25.8. The second-order valence-electron chi connectivity index (χ2n) is 7.99. The van der Waals surface area contributed by atoms with Gasteiger partial charge < -0.3 is 4.74 Å². The zero-order valence-electron chi connectivity index (χ0n) is 16.3. The maximum Gasteiger partial charge on any atom is 0.294 e. The first-order valence-electron chi connectivity index (χ1n) is 9.68. The molecule has 1 aliphatic heterocycles. The highest BCUT2D eigenvalue weighted by atomic mass is 32.2. The molecule has 12 heteroatoms. The number of carbonyl (C=O) groups is 2. The molecule has 0 aromatic heterocycles. The van der Waals surface area contributed by atoms with Crippen molar-refractivity contribution in [2.24, 2.45) is 23.7 Å². The Morgan fingerprint density at radius 3 is 1.79 bits per heavy atom. The number of amides is 2. The Balaban J connectivity index is 1.52. The average Bonchev–Trinajstić information content (AvgIpc) is 3.45. The summed E-state index contributed by atoms with van der Waals surface area (Å²) in [5.41, 5.74) is -1.44. The Morgan fingerprint density at radius 1 is 0.848 bits per heavy atom. The van der Waals surface area contributed by atoms with Crippen LogP contribution in [0.5, 0.6) is 11.5 Å². The maximum absolute atomic E-state index is 14.9. The lowest BCUT2D eigenvalue weighted by atomic mass is 9.85. The number of anilines is 1. The van der Waals surface area contributed by atoms with Crippen molar-refractivity contribution in [3.8, 4) is 11.5 Å². The molecular formula is C21H13F4NO6S. The SMILES string of the molecule is O=C1C2C3C=CC(C3)C2C(=O)N1c1c(F)c(F)c(Oc2ccc(S(=O)(=O)O)cc2)c(F)c1F. The van der Waals surface area contributed by atoms with Crippen LogP contribution in [0, 0.1) is 46.9 Å². The number of hydrogen-bond donors (Lipinski definition) is 1. The first-order chi connectivity index (χ1) is 15.5. The van der Waals surface area contributed by atoms with Crippen molar-refractivity contribution < 1.29 is 44.9 Å². The van der Waals surface area contributed by atoms with Crippen molar-refractivity contribution in [1.82, 2.24) is 0 Å². The zero-order chi connectivity index (χ0) is 23.8. The number of allylic oxidation sites excluding steroid dienone is 2. The zero-order valence-corrected chi connectivity index (χ0v) is 17.2. The molecule has 3 aliphatic rings. The summed E-state index contributed by atoms with van der Waals surface area (Å²) in [6, 6.07) is 3.46. The number of rotatable bonds is 4. The fourth-order valence-electron chi connectivity index (χ4n) is 4.81. The van der Waals surface area contributed by atoms with Gasteiger partial charge in [-0.15, -0.1) is 0 Å². The Kier molecular flexibility index (Phi) is 4.66. The number of fused-ring (bicyclic) bond motifs is 5. The smallest absolute Gasteiger partial charge is 0.294 e. The summed E-state index contributed by atoms with van der Waals surface area (Å²) in [4.78, 5) is 25.2. The Bertz CT molecular complexity index is 1300. The van der Waals surface area contributed by atoms with Gasteiger partial charge in [-0.1, -0.05) is 12.2 Å². The molecule has 2 amide bonds. The van der Waals surface area contributed by atoms with Crippen molar-refractivity contribution >= 4 is 27.6 Å². The van der Waals surface area contributed by atoms with Crippen LogP contribution in [0.1, 0.15) is 6.42 Å². The molecule has 1 heterocycles. The van der Waals surface area contributed by atoms with Crippen LogP contribution < -0.4 is 9.64 Å². The van der Waals surface area contributed by atoms with Gasteiger partial charge in [-0.3, -0.25) is 14.1 Å². The first-order valence-corrected chi connectivity index (χ1v) is 11.1. The van der Waals surface area contributed by atoms with E-state index in [1.165, 1.54) is 0 Å². The van der Waals surface area contributed by atoms with Gasteiger partial charge in [0.2, 0.25) is 29.2 Å². The molecule has 33 heavy (non-hydrogen) atoms. The summed E-state index contributed by atoms with van der Waals surface area (Å²) in [5, 5.41) is 0. The van der Waals surface area contributed by atoms with Gasteiger partial charge in [-0.05, 0) is 42.5 Å². The third-order valence-corrected chi connectivity index (χ3v) is 7.10. The van der Waals surface area contributed by atoms with Crippen molar-refractivity contribution in [3.05, 3.63) is 59.7 Å². The lowest BCUT2D eigenvalue weighted by Crippen LogP contribution is -2.35. The van der Waals surface area contributed by atoms with Crippen LogP contribution in [-0.2, 0) is 19.7 Å². The highest BCUT2D eigenvalue weighted by Crippen LogP contribution is 2.54. The first kappa shape index (κ1) is 21.6. The Labute approximate surface area is 184 Å². The number of imide groups is 1. The minimum atomic E-state index is -4.56. The summed E-state index contributed by atoms with van der Waals surface area (Å²) >= 11 is 0. The second-order valence-corrected chi connectivity index (χ2v) is 9.42. The summed E-state index contributed by atoms with van der Waals surface area (Å²) in [6.45, 7) is 0. The number of ether oxygens (including phenoxy) is 1. The van der Waals surface area contributed by atoms with Gasteiger partial charge in [0.05, 0.1) is 16.7 Å². The van der Waals surface area contributed by atoms with Gasteiger partial charge in [0.1, 0.15) is 11.4 Å². The van der Waals surface area contributed by atoms with Crippen LogP contribution in [0.25, 0.3) is 0 Å². The molecule has 1 N–H and O–H groups in total. The summed E-state index contributed by atoms with van der Waals surface area (Å²) in [6.07, 6.45) is 4.05. The molecule has 4 atom stereocenters. The van der Waals surface area contributed by atoms with Crippen molar-refractivity contribution in [3.63, 3.8) is 0 Å². The van der Waals surface area contributed by atoms with Crippen molar-refractivity contribution in [1.29, 1.82) is 0 Å². The van der Waals surface area contributed by atoms with E-state index in [2.05, 4.69) is 0 Å². The molecule has 2 fully saturated rings. The molecular weight excluding hydrogens is 470 g/mol. The van der Waals surface area contributed by atoms with Crippen LogP contribution in [0.4, 0.5) is 23.2 Å². The van der Waals surface area contributed by atoms with Crippen molar-refractivity contribution in [2.45, 2.75) is 11.3 Å². The third-order valence-electron chi connectivity index (χ3n) is 6.24. The van der Waals surface area contributed by atoms with Crippen LogP contribution in [0.3, 0.4) is 0 Å². The Morgan fingerprint density at radius 2 is 1.33 bits per heavy atom. The number of nitrogens with zero attached hydrogens (tertiary/aromatic N) is 1. The van der Waals surface area contributed by atoms with Crippen LogP contribution >= 0.6 is 0 Å². The van der Waals surface area contributed by atoms with Crippen molar-refractivity contribution in [2.75, 3.05) is 4.90 Å². The number of hydrogen-bond acceptors (Lipinski definition) is 5. The predicted octanol–water partition coefficient (Wildman–Crippen LogP) is 3.59. The molecule has 2 aromatic rings. The molecule has 7 nitrogen and oxygen atoms in total. The van der Waals surface area contributed by atoms with E-state index in [-0.39, 0.29) is 16.7 Å². The monoisotopic (exact) mass is 483 g/mol. The van der Waals surface area contributed by atoms with Gasteiger partial charge in [0.15, 0.2) is 11.6 Å². The molecule has 5 rings (SSSR count). The van der Waals surface area contributed by atoms with E-state index in [0.717, 1.165) is 24.3 Å². The highest BCUT2D eigenvalue weighted by molar-refractivity contribution is 7.85. The molecule has 1 saturated heterocycles. The van der Waals surface area contributed by atoms with Gasteiger partial charge in [-0.2, -0.15) is 17.2 Å². The van der Waals surface area contributed by atoms with E-state index in [9.17, 15) is 35.6 Å². The van der Waals surface area contributed by atoms with Crippen LogP contribution in [0.15, 0.2) is 41.3 Å². The second kappa shape index (κ2) is 7.12. The fourth-order valence-corrected chi connectivity index (χ4v) is 5.29. The molecule has 0 radical (unpaired) electrons. The summed E-state index contributed by atoms with van der Waals surface area (Å²) in [7, 11) is -4.56. The molecule has 1 saturated carbocycles. The standard InChI is InChI=1S/C21H13F4NO6S/c22-14-16(24)19(32-10-3-5-11(6-4-10)33(29,30)31)17(25)15(23)18(14)26-20(27)12-8-1-2-9(7-8)13(12)21(26)28/h1-6,8-9,12-13H,7H2,(H,29,30,31). The average molecular weight is 483 g/mol. The quantitative estimate of drug-likeness (QED) is 0.235. The maximum atomic E-state index is 14.9. The van der Waals surface area contributed by atoms with E-state index < -0.39 is 79.1 Å². The molecule has 172 valence electrons. The minimum Gasteiger partial charge on any atom is -0.451 e. The van der Waals surface area contributed by atoms with E-state index in [4.69, 9.17) is 9.29 Å². The number of halogens is 4. The summed E-state index contributed by atoms with van der Waals surface area (Å²) in [5.74, 6) is -13.9. The highest BCUT2D eigenvalue weighted by Gasteiger charge is 2.60. The third kappa shape index (κ3) is 3.08. The largest absolute Gasteiger partial charge is 0.451 e. The van der Waals surface area contributed by atoms with E-state index >= 15 is 0 Å². The van der Waals surface area contributed by atoms with Gasteiger partial charge >= 0.3 is 0 Å². The lowest BCUT2D eigenvalue weighted by molar-refractivity contribution is -0.123. The van der Waals surface area contributed by atoms with Gasteiger partial charge in [-0.25, -0.2) is 13.7 Å². The molecule has 2 aromatic carbocycles. The number of carbonyl (C=O) groups excluding carboxylic acids is 2. The lowest BCUT2D eigenvalue weighted by Gasteiger charge is -2.20. The van der Waals surface area contributed by atoms with Gasteiger partial charge in [0.25, 0.3) is 10.1 Å². The Hall–Kier alpha value is -3.25. The summed E-state index contributed by atoms with van der Waals surface area (Å²) < 4.78 is 95.1. The topological polar surface area (TPSA) is 101 Å². The molecule has 0 spiro atoms. The van der Waals surface area contributed by atoms with Gasteiger partial charge in [0, 0.05) is 0 Å². The molecule has 2 bridgehead atoms. The van der Waals surface area contributed by atoms with Crippen LogP contribution in [0.2, 0.25) is 0 Å².